The molecule has 6 rings (SSSR count). The Morgan fingerprint density at radius 3 is 2.46 bits per heavy atom. The Labute approximate surface area is 236 Å². The molecule has 3 heterocycles. The molecule has 4 aromatic rings. The topological polar surface area (TPSA) is 80.6 Å². The van der Waals surface area contributed by atoms with Gasteiger partial charge in [0.05, 0.1) is 11.7 Å². The molecule has 41 heavy (non-hydrogen) atoms. The number of para-hydroxylation sites is 1. The van der Waals surface area contributed by atoms with Crippen LogP contribution in [0.2, 0.25) is 0 Å². The number of carbonyl (C=O) groups excluding carboxylic acids is 2. The number of amides is 2. The molecule has 2 aliphatic rings. The summed E-state index contributed by atoms with van der Waals surface area (Å²) in [5.41, 5.74) is -0.257. The quantitative estimate of drug-likeness (QED) is 0.346. The highest BCUT2D eigenvalue weighted by Gasteiger charge is 2.39. The van der Waals surface area contributed by atoms with Gasteiger partial charge in [-0.05, 0) is 17.7 Å². The minimum atomic E-state index is -1.17. The Bertz CT molecular complexity index is 1720. The lowest BCUT2D eigenvalue weighted by molar-refractivity contribution is 0.0928. The molecule has 0 saturated heterocycles. The second-order valence-corrected chi connectivity index (χ2v) is 10.7. The molecule has 1 N–H and O–H groups in total. The lowest BCUT2D eigenvalue weighted by Crippen LogP contribution is -2.46. The van der Waals surface area contributed by atoms with Crippen LogP contribution in [0.5, 0.6) is 5.75 Å². The van der Waals surface area contributed by atoms with E-state index >= 15 is 0 Å². The van der Waals surface area contributed by atoms with E-state index in [0.717, 1.165) is 16.1 Å². The molecule has 1 aromatic heterocycles. The van der Waals surface area contributed by atoms with Crippen LogP contribution in [0.15, 0.2) is 82.6 Å². The molecule has 2 aliphatic heterocycles. The van der Waals surface area contributed by atoms with E-state index in [0.29, 0.717) is 24.4 Å². The molecule has 3 aromatic carbocycles. The van der Waals surface area contributed by atoms with Gasteiger partial charge in [-0.15, -0.1) is 11.8 Å². The molecule has 0 spiro atoms. The van der Waals surface area contributed by atoms with Crippen molar-refractivity contribution in [3.63, 3.8) is 0 Å². The summed E-state index contributed by atoms with van der Waals surface area (Å²) in [6, 6.07) is 17.2. The molecule has 0 fully saturated rings. The molecule has 11 heteroatoms. The van der Waals surface area contributed by atoms with Crippen LogP contribution in [-0.2, 0) is 13.2 Å². The van der Waals surface area contributed by atoms with Crippen molar-refractivity contribution < 1.29 is 27.5 Å². The summed E-state index contributed by atoms with van der Waals surface area (Å²) in [7, 11) is 0. The number of aromatic nitrogens is 1. The van der Waals surface area contributed by atoms with E-state index < -0.39 is 46.8 Å². The van der Waals surface area contributed by atoms with Crippen molar-refractivity contribution in [3.8, 4) is 5.75 Å². The van der Waals surface area contributed by atoms with Gasteiger partial charge in [0.15, 0.2) is 11.4 Å². The second kappa shape index (κ2) is 10.8. The van der Waals surface area contributed by atoms with Crippen molar-refractivity contribution in [3.05, 3.63) is 123 Å². The van der Waals surface area contributed by atoms with Crippen LogP contribution >= 0.6 is 11.8 Å². The zero-order valence-electron chi connectivity index (χ0n) is 21.4. The Morgan fingerprint density at radius 2 is 1.71 bits per heavy atom. The number of carbonyl (C=O) groups is 2. The third-order valence-corrected chi connectivity index (χ3v) is 8.22. The maximum atomic E-state index is 14.2. The predicted molar refractivity (Wildman–Crippen MR) is 147 cm³/mol. The first-order valence-electron chi connectivity index (χ1n) is 12.7. The summed E-state index contributed by atoms with van der Waals surface area (Å²) in [5, 5.41) is 2.35. The minimum Gasteiger partial charge on any atom is -0.483 e. The molecular weight excluding hydrogens is 555 g/mol. The first-order chi connectivity index (χ1) is 19.8. The van der Waals surface area contributed by atoms with E-state index in [1.54, 1.807) is 45.5 Å². The van der Waals surface area contributed by atoms with Crippen molar-refractivity contribution >= 4 is 29.3 Å². The number of pyridine rings is 1. The third kappa shape index (κ3) is 4.97. The van der Waals surface area contributed by atoms with E-state index in [1.807, 2.05) is 30.3 Å². The van der Waals surface area contributed by atoms with Crippen molar-refractivity contribution in [2.45, 2.75) is 24.1 Å². The number of rotatable bonds is 6. The Morgan fingerprint density at radius 1 is 1.00 bits per heavy atom. The highest BCUT2D eigenvalue weighted by molar-refractivity contribution is 7.99. The number of ether oxygens (including phenoxy) is 1. The molecule has 208 valence electrons. The van der Waals surface area contributed by atoms with E-state index in [-0.39, 0.29) is 29.7 Å². The number of fused-ring (bicyclic) bond motifs is 6. The number of nitrogens with zero attached hydrogens (tertiary/aromatic N) is 2. The molecule has 7 nitrogen and oxygen atoms in total. The molecular formula is C30H22F3N3O4S. The summed E-state index contributed by atoms with van der Waals surface area (Å²) in [4.78, 5) is 43.4. The van der Waals surface area contributed by atoms with Gasteiger partial charge in [0.1, 0.15) is 29.6 Å². The Balaban J connectivity index is 1.41. The molecule has 0 aliphatic carbocycles. The first-order valence-corrected chi connectivity index (χ1v) is 13.7. The van der Waals surface area contributed by atoms with Crippen molar-refractivity contribution in [1.29, 1.82) is 0 Å². The lowest BCUT2D eigenvalue weighted by Gasteiger charge is -2.35. The molecule has 0 saturated carbocycles. The average Bonchev–Trinajstić information content (AvgIpc) is 3.13. The molecule has 0 unspecified atom stereocenters. The number of hydrogen-bond donors (Lipinski definition) is 1. The van der Waals surface area contributed by atoms with Crippen LogP contribution in [0.25, 0.3) is 0 Å². The maximum Gasteiger partial charge on any atom is 0.279 e. The van der Waals surface area contributed by atoms with Gasteiger partial charge in [-0.1, -0.05) is 42.5 Å². The standard InChI is InChI=1S/C30H22F3N3O4S/c31-18-10-22(32)20(23(33)11-18)12-34-29(38)21-14-35-19-13-36(24-8-4-5-9-25(24)41-16-19)30(39)26(35)28(27(21)37)40-15-17-6-2-1-3-7-17/h1-11,14,19H,12-13,15-16H2,(H,34,38)/t19-/m1/s1. The van der Waals surface area contributed by atoms with Gasteiger partial charge in [-0.25, -0.2) is 13.2 Å². The molecule has 0 radical (unpaired) electrons. The van der Waals surface area contributed by atoms with Crippen LogP contribution in [0.1, 0.15) is 38.0 Å². The van der Waals surface area contributed by atoms with Gasteiger partial charge in [0.2, 0.25) is 5.43 Å². The first kappa shape index (κ1) is 26.7. The van der Waals surface area contributed by atoms with Crippen LogP contribution in [0.3, 0.4) is 0 Å². The fourth-order valence-corrected chi connectivity index (χ4v) is 6.11. The summed E-state index contributed by atoms with van der Waals surface area (Å²) in [6.45, 7) is -0.354. The normalized spacial score (nSPS) is 15.5. The van der Waals surface area contributed by atoms with Crippen molar-refractivity contribution in [2.75, 3.05) is 17.2 Å². The predicted octanol–water partition coefficient (Wildman–Crippen LogP) is 5.08. The molecule has 1 atom stereocenters. The fraction of sp³-hybridized carbons (Fsp3) is 0.167. The molecule has 2 amide bonds. The smallest absolute Gasteiger partial charge is 0.279 e. The number of nitrogens with one attached hydrogen (secondary N) is 1. The fourth-order valence-electron chi connectivity index (χ4n) is 4.97. The van der Waals surface area contributed by atoms with Gasteiger partial charge < -0.3 is 19.5 Å². The number of halogens is 3. The van der Waals surface area contributed by atoms with Gasteiger partial charge in [-0.2, -0.15) is 0 Å². The SMILES string of the molecule is O=C(NCc1c(F)cc(F)cc1F)c1cn2c(c(OCc3ccccc3)c1=O)C(=O)N1C[C@@H]2CSc2ccccc21. The minimum absolute atomic E-state index is 0.0201. The van der Waals surface area contributed by atoms with Gasteiger partial charge in [-0.3, -0.25) is 14.4 Å². The van der Waals surface area contributed by atoms with Crippen LogP contribution in [0.4, 0.5) is 18.9 Å². The summed E-state index contributed by atoms with van der Waals surface area (Å²) >= 11 is 1.55. The van der Waals surface area contributed by atoms with E-state index in [9.17, 15) is 27.6 Å². The largest absolute Gasteiger partial charge is 0.483 e. The van der Waals surface area contributed by atoms with Gasteiger partial charge in [0.25, 0.3) is 11.8 Å². The number of benzene rings is 3. The monoisotopic (exact) mass is 577 g/mol. The lowest BCUT2D eigenvalue weighted by atomic mass is 10.1. The summed E-state index contributed by atoms with van der Waals surface area (Å²) in [5.74, 6) is -4.54. The van der Waals surface area contributed by atoms with E-state index in [4.69, 9.17) is 4.74 Å². The molecule has 2 bridgehead atoms. The zero-order chi connectivity index (χ0) is 28.7. The van der Waals surface area contributed by atoms with E-state index in [1.165, 1.54) is 6.20 Å². The van der Waals surface area contributed by atoms with Crippen LogP contribution < -0.4 is 20.4 Å². The van der Waals surface area contributed by atoms with Crippen molar-refractivity contribution in [2.24, 2.45) is 0 Å². The van der Waals surface area contributed by atoms with Crippen LogP contribution in [-0.4, -0.2) is 28.7 Å². The average molecular weight is 578 g/mol. The number of anilines is 1. The number of thioether (sulfide) groups is 1. The third-order valence-electron chi connectivity index (χ3n) is 7.02. The highest BCUT2D eigenvalue weighted by atomic mass is 32.2. The summed E-state index contributed by atoms with van der Waals surface area (Å²) in [6.07, 6.45) is 1.30. The van der Waals surface area contributed by atoms with Crippen LogP contribution in [0, 0.1) is 17.5 Å². The maximum absolute atomic E-state index is 14.2. The van der Waals surface area contributed by atoms with E-state index in [2.05, 4.69) is 5.32 Å². The summed E-state index contributed by atoms with van der Waals surface area (Å²) < 4.78 is 49.2. The second-order valence-electron chi connectivity index (χ2n) is 9.61. The van der Waals surface area contributed by atoms with Crippen molar-refractivity contribution in [1.82, 2.24) is 9.88 Å². The van der Waals surface area contributed by atoms with Gasteiger partial charge in [0, 0.05) is 47.6 Å². The Kier molecular flexibility index (Phi) is 7.04. The Hall–Kier alpha value is -4.51. The highest BCUT2D eigenvalue weighted by Crippen LogP contribution is 2.41. The zero-order valence-corrected chi connectivity index (χ0v) is 22.2. The van der Waals surface area contributed by atoms with Gasteiger partial charge >= 0.3 is 0 Å². The number of hydrogen-bond acceptors (Lipinski definition) is 5.